The summed E-state index contributed by atoms with van der Waals surface area (Å²) in [6.45, 7) is 3.07. The lowest BCUT2D eigenvalue weighted by atomic mass is 10.1. The van der Waals surface area contributed by atoms with Gasteiger partial charge < -0.3 is 15.2 Å². The molecule has 0 atom stereocenters. The predicted molar refractivity (Wildman–Crippen MR) is 133 cm³/mol. The van der Waals surface area contributed by atoms with Crippen LogP contribution in [0.1, 0.15) is 38.2 Å². The van der Waals surface area contributed by atoms with Crippen LogP contribution in [0.3, 0.4) is 0 Å². The first-order valence-corrected chi connectivity index (χ1v) is 11.8. The Hall–Kier alpha value is -2.84. The average Bonchev–Trinajstić information content (AvgIpc) is 3.04. The fourth-order valence-electron chi connectivity index (χ4n) is 3.17. The number of aromatic hydroxyl groups is 1. The highest BCUT2D eigenvalue weighted by Gasteiger charge is 2.31. The Morgan fingerprint density at radius 2 is 1.84 bits per heavy atom. The molecule has 2 N–H and O–H groups in total. The number of thiocarbonyl (C=S) groups is 1. The topological polar surface area (TPSA) is 78.9 Å². The molecule has 0 aliphatic carbocycles. The summed E-state index contributed by atoms with van der Waals surface area (Å²) in [7, 11) is 0. The molecular formula is C24H26N2O4S2. The molecule has 2 amide bonds. The maximum Gasteiger partial charge on any atom is 0.266 e. The predicted octanol–water partition coefficient (Wildman–Crippen LogP) is 5.19. The first-order chi connectivity index (χ1) is 15.5. The lowest BCUT2D eigenvalue weighted by Crippen LogP contribution is -2.29. The third kappa shape index (κ3) is 6.83. The van der Waals surface area contributed by atoms with Crippen molar-refractivity contribution >= 4 is 51.9 Å². The molecule has 0 spiro atoms. The standard InChI is InChI=1S/C24H26N2O4S2/c1-2-30-20-13-9-18(10-14-20)25-22(28)6-4-3-5-15-26-23(29)21(32-24(26)31)16-17-7-11-19(27)12-8-17/h7-14,16,27H,2-6,15H2,1H3,(H,25,28)/b21-16-. The van der Waals surface area contributed by atoms with Crippen LogP contribution in [-0.2, 0) is 9.59 Å². The zero-order valence-electron chi connectivity index (χ0n) is 17.9. The largest absolute Gasteiger partial charge is 0.508 e. The lowest BCUT2D eigenvalue weighted by molar-refractivity contribution is -0.122. The summed E-state index contributed by atoms with van der Waals surface area (Å²) in [4.78, 5) is 27.0. The fourth-order valence-corrected chi connectivity index (χ4v) is 4.48. The van der Waals surface area contributed by atoms with Crippen LogP contribution in [0.4, 0.5) is 5.69 Å². The van der Waals surface area contributed by atoms with Crippen molar-refractivity contribution < 1.29 is 19.4 Å². The van der Waals surface area contributed by atoms with Crippen LogP contribution in [0.25, 0.3) is 6.08 Å². The number of nitrogens with one attached hydrogen (secondary N) is 1. The van der Waals surface area contributed by atoms with E-state index in [-0.39, 0.29) is 17.6 Å². The van der Waals surface area contributed by atoms with Crippen LogP contribution in [0, 0.1) is 0 Å². The highest BCUT2D eigenvalue weighted by atomic mass is 32.2. The number of hydrogen-bond acceptors (Lipinski definition) is 6. The quantitative estimate of drug-likeness (QED) is 0.283. The van der Waals surface area contributed by atoms with E-state index in [0.29, 0.717) is 28.8 Å². The smallest absolute Gasteiger partial charge is 0.266 e. The van der Waals surface area contributed by atoms with Crippen LogP contribution < -0.4 is 10.1 Å². The molecule has 168 valence electrons. The molecule has 3 rings (SSSR count). The molecule has 0 radical (unpaired) electrons. The summed E-state index contributed by atoms with van der Waals surface area (Å²) in [5, 5.41) is 12.3. The zero-order chi connectivity index (χ0) is 22.9. The number of thioether (sulfide) groups is 1. The van der Waals surface area contributed by atoms with Gasteiger partial charge in [0.05, 0.1) is 11.5 Å². The molecule has 1 aliphatic heterocycles. The van der Waals surface area contributed by atoms with Gasteiger partial charge in [0.1, 0.15) is 15.8 Å². The van der Waals surface area contributed by atoms with Crippen molar-refractivity contribution in [2.75, 3.05) is 18.5 Å². The Morgan fingerprint density at radius 3 is 2.53 bits per heavy atom. The number of hydrogen-bond donors (Lipinski definition) is 2. The van der Waals surface area contributed by atoms with E-state index >= 15 is 0 Å². The molecule has 1 fully saturated rings. The molecule has 1 saturated heterocycles. The average molecular weight is 471 g/mol. The molecule has 6 nitrogen and oxygen atoms in total. The van der Waals surface area contributed by atoms with Gasteiger partial charge in [-0.05, 0) is 67.8 Å². The van der Waals surface area contributed by atoms with Crippen molar-refractivity contribution in [1.29, 1.82) is 0 Å². The molecular weight excluding hydrogens is 444 g/mol. The molecule has 2 aromatic carbocycles. The van der Waals surface area contributed by atoms with E-state index in [4.69, 9.17) is 17.0 Å². The van der Waals surface area contributed by atoms with Gasteiger partial charge in [-0.1, -0.05) is 42.5 Å². The lowest BCUT2D eigenvalue weighted by Gasteiger charge is -2.14. The van der Waals surface area contributed by atoms with Crippen LogP contribution in [0.15, 0.2) is 53.4 Å². The Morgan fingerprint density at radius 1 is 1.12 bits per heavy atom. The van der Waals surface area contributed by atoms with Gasteiger partial charge in [-0.3, -0.25) is 14.5 Å². The number of amides is 2. The third-order valence-corrected chi connectivity index (χ3v) is 6.18. The van der Waals surface area contributed by atoms with Crippen molar-refractivity contribution in [3.05, 3.63) is 59.0 Å². The second-order valence-electron chi connectivity index (χ2n) is 7.24. The van der Waals surface area contributed by atoms with E-state index in [1.54, 1.807) is 35.2 Å². The molecule has 0 unspecified atom stereocenters. The summed E-state index contributed by atoms with van der Waals surface area (Å²) in [5.41, 5.74) is 1.58. The minimum Gasteiger partial charge on any atom is -0.508 e. The minimum absolute atomic E-state index is 0.0309. The van der Waals surface area contributed by atoms with Gasteiger partial charge in [0.15, 0.2) is 0 Å². The molecule has 0 saturated carbocycles. The summed E-state index contributed by atoms with van der Waals surface area (Å²) in [6.07, 6.45) is 4.54. The monoisotopic (exact) mass is 470 g/mol. The summed E-state index contributed by atoms with van der Waals surface area (Å²) >= 11 is 6.65. The summed E-state index contributed by atoms with van der Waals surface area (Å²) in [5.74, 6) is 0.833. The van der Waals surface area contributed by atoms with E-state index in [2.05, 4.69) is 5.32 Å². The fraction of sp³-hybridized carbons (Fsp3) is 0.292. The molecule has 1 aliphatic rings. The highest BCUT2D eigenvalue weighted by molar-refractivity contribution is 8.26. The Labute approximate surface area is 197 Å². The number of carbonyl (C=O) groups is 2. The van der Waals surface area contributed by atoms with E-state index in [0.717, 1.165) is 36.3 Å². The van der Waals surface area contributed by atoms with Gasteiger partial charge in [-0.2, -0.15) is 0 Å². The Bertz CT molecular complexity index is 988. The number of anilines is 1. The first-order valence-electron chi connectivity index (χ1n) is 10.5. The molecule has 8 heteroatoms. The molecule has 0 bridgehead atoms. The van der Waals surface area contributed by atoms with Crippen LogP contribution >= 0.6 is 24.0 Å². The van der Waals surface area contributed by atoms with Crippen LogP contribution in [0.5, 0.6) is 11.5 Å². The second kappa shape index (κ2) is 11.7. The van der Waals surface area contributed by atoms with Crippen molar-refractivity contribution in [2.45, 2.75) is 32.6 Å². The number of unbranched alkanes of at least 4 members (excludes halogenated alkanes) is 2. The van der Waals surface area contributed by atoms with Gasteiger partial charge in [0.2, 0.25) is 5.91 Å². The minimum atomic E-state index is -0.0960. The number of ether oxygens (including phenoxy) is 1. The van der Waals surface area contributed by atoms with Crippen molar-refractivity contribution in [3.63, 3.8) is 0 Å². The number of rotatable bonds is 10. The van der Waals surface area contributed by atoms with E-state index in [1.165, 1.54) is 11.8 Å². The normalized spacial score (nSPS) is 14.8. The molecule has 0 aromatic heterocycles. The van der Waals surface area contributed by atoms with Gasteiger partial charge in [0, 0.05) is 18.7 Å². The molecule has 32 heavy (non-hydrogen) atoms. The number of phenols is 1. The maximum absolute atomic E-state index is 12.7. The van der Waals surface area contributed by atoms with Crippen LogP contribution in [0.2, 0.25) is 0 Å². The second-order valence-corrected chi connectivity index (χ2v) is 8.92. The van der Waals surface area contributed by atoms with Crippen molar-refractivity contribution in [1.82, 2.24) is 4.90 Å². The number of benzene rings is 2. The summed E-state index contributed by atoms with van der Waals surface area (Å²) < 4.78 is 5.94. The molecule has 2 aromatic rings. The van der Waals surface area contributed by atoms with E-state index in [9.17, 15) is 14.7 Å². The van der Waals surface area contributed by atoms with Crippen molar-refractivity contribution in [2.24, 2.45) is 0 Å². The van der Waals surface area contributed by atoms with Crippen LogP contribution in [-0.4, -0.2) is 39.3 Å². The van der Waals surface area contributed by atoms with Gasteiger partial charge in [-0.25, -0.2) is 0 Å². The van der Waals surface area contributed by atoms with Gasteiger partial charge in [0.25, 0.3) is 5.91 Å². The third-order valence-electron chi connectivity index (χ3n) is 4.80. The Kier molecular flexibility index (Phi) is 8.70. The van der Waals surface area contributed by atoms with E-state index in [1.807, 2.05) is 31.2 Å². The molecule has 1 heterocycles. The van der Waals surface area contributed by atoms with Crippen molar-refractivity contribution in [3.8, 4) is 11.5 Å². The van der Waals surface area contributed by atoms with Gasteiger partial charge in [-0.15, -0.1) is 0 Å². The van der Waals surface area contributed by atoms with E-state index < -0.39 is 0 Å². The van der Waals surface area contributed by atoms with Gasteiger partial charge >= 0.3 is 0 Å². The Balaban J connectivity index is 1.38. The highest BCUT2D eigenvalue weighted by Crippen LogP contribution is 2.33. The first kappa shape index (κ1) is 23.8. The SMILES string of the molecule is CCOc1ccc(NC(=O)CCCCCN2C(=O)/C(=C/c3ccc(O)cc3)SC2=S)cc1. The summed E-state index contributed by atoms with van der Waals surface area (Å²) in [6, 6.07) is 14.0. The number of carbonyl (C=O) groups excluding carboxylic acids is 2. The number of nitrogens with zero attached hydrogens (tertiary/aromatic N) is 1. The number of phenolic OH excluding ortho intramolecular Hbond substituents is 1. The zero-order valence-corrected chi connectivity index (χ0v) is 19.5. The maximum atomic E-state index is 12.7.